The van der Waals surface area contributed by atoms with Gasteiger partial charge in [0.1, 0.15) is 0 Å². The van der Waals surface area contributed by atoms with Crippen molar-refractivity contribution in [1.82, 2.24) is 5.32 Å². The second kappa shape index (κ2) is 5.61. The van der Waals surface area contributed by atoms with Gasteiger partial charge in [-0.2, -0.15) is 0 Å². The van der Waals surface area contributed by atoms with Gasteiger partial charge in [0.2, 0.25) is 0 Å². The van der Waals surface area contributed by atoms with Crippen molar-refractivity contribution in [2.45, 2.75) is 33.1 Å². The van der Waals surface area contributed by atoms with Crippen molar-refractivity contribution in [2.24, 2.45) is 23.5 Å². The van der Waals surface area contributed by atoms with Gasteiger partial charge in [-0.1, -0.05) is 13.8 Å². The van der Waals surface area contributed by atoms with E-state index in [-0.39, 0.29) is 0 Å². The summed E-state index contributed by atoms with van der Waals surface area (Å²) in [5.41, 5.74) is 5.49. The molecule has 0 saturated heterocycles. The van der Waals surface area contributed by atoms with Crippen molar-refractivity contribution >= 4 is 0 Å². The maximum Gasteiger partial charge on any atom is -0.00204 e. The van der Waals surface area contributed by atoms with Crippen LogP contribution in [0.2, 0.25) is 0 Å². The number of nitrogens with two attached hydrogens (primary N) is 1. The van der Waals surface area contributed by atoms with E-state index < -0.39 is 0 Å². The van der Waals surface area contributed by atoms with E-state index in [2.05, 4.69) is 19.2 Å². The highest BCUT2D eigenvalue weighted by Gasteiger charge is 2.27. The first kappa shape index (κ1) is 11.0. The lowest BCUT2D eigenvalue weighted by molar-refractivity contribution is 0.420. The smallest absolute Gasteiger partial charge is 0.00204 e. The minimum atomic E-state index is 0.733. The van der Waals surface area contributed by atoms with E-state index in [1.54, 1.807) is 0 Å². The third-order valence-corrected chi connectivity index (χ3v) is 3.05. The van der Waals surface area contributed by atoms with Crippen LogP contribution in [0.4, 0.5) is 0 Å². The van der Waals surface area contributed by atoms with Gasteiger partial charge in [0.15, 0.2) is 0 Å². The van der Waals surface area contributed by atoms with Crippen molar-refractivity contribution in [3.05, 3.63) is 0 Å². The van der Waals surface area contributed by atoms with Crippen LogP contribution >= 0.6 is 0 Å². The molecule has 2 atom stereocenters. The Bertz CT molecular complexity index is 132. The summed E-state index contributed by atoms with van der Waals surface area (Å²) in [6, 6.07) is 0. The molecule has 0 radical (unpaired) electrons. The van der Waals surface area contributed by atoms with Crippen molar-refractivity contribution in [3.8, 4) is 0 Å². The van der Waals surface area contributed by atoms with Crippen molar-refractivity contribution in [1.29, 1.82) is 0 Å². The second-order valence-corrected chi connectivity index (χ2v) is 4.66. The molecule has 0 spiro atoms. The average molecular weight is 184 g/mol. The number of hydrogen-bond acceptors (Lipinski definition) is 2. The monoisotopic (exact) mass is 184 g/mol. The SMILES string of the molecule is CC(CCN)CNCC(C)C1CC1. The molecule has 0 aromatic carbocycles. The molecule has 0 aromatic rings. The Hall–Kier alpha value is -0.0800. The Morgan fingerprint density at radius 3 is 2.54 bits per heavy atom. The molecule has 1 fully saturated rings. The minimum absolute atomic E-state index is 0.733. The molecule has 1 saturated carbocycles. The molecular formula is C11H24N2. The number of rotatable bonds is 7. The molecule has 0 aromatic heterocycles. The van der Waals surface area contributed by atoms with Gasteiger partial charge >= 0.3 is 0 Å². The molecule has 78 valence electrons. The third kappa shape index (κ3) is 4.63. The van der Waals surface area contributed by atoms with Crippen LogP contribution in [0, 0.1) is 17.8 Å². The Kier molecular flexibility index (Phi) is 4.74. The lowest BCUT2D eigenvalue weighted by Crippen LogP contribution is -2.27. The quantitative estimate of drug-likeness (QED) is 0.631. The topological polar surface area (TPSA) is 38.0 Å². The van der Waals surface area contributed by atoms with Crippen LogP contribution in [-0.4, -0.2) is 19.6 Å². The highest BCUT2D eigenvalue weighted by atomic mass is 14.9. The first-order chi connectivity index (χ1) is 6.24. The van der Waals surface area contributed by atoms with Crippen LogP contribution in [0.25, 0.3) is 0 Å². The molecule has 0 bridgehead atoms. The van der Waals surface area contributed by atoms with Gasteiger partial charge in [-0.25, -0.2) is 0 Å². The van der Waals surface area contributed by atoms with Crippen molar-refractivity contribution in [3.63, 3.8) is 0 Å². The highest BCUT2D eigenvalue weighted by molar-refractivity contribution is 4.79. The molecule has 0 aliphatic heterocycles. The summed E-state index contributed by atoms with van der Waals surface area (Å²) in [4.78, 5) is 0. The lowest BCUT2D eigenvalue weighted by atomic mass is 10.1. The molecule has 2 unspecified atom stereocenters. The summed E-state index contributed by atoms with van der Waals surface area (Å²) in [5, 5.41) is 3.54. The molecule has 2 nitrogen and oxygen atoms in total. The maximum atomic E-state index is 5.49. The fraction of sp³-hybridized carbons (Fsp3) is 1.00. The summed E-state index contributed by atoms with van der Waals surface area (Å²) in [5.74, 6) is 2.64. The zero-order valence-corrected chi connectivity index (χ0v) is 9.05. The Morgan fingerprint density at radius 1 is 1.31 bits per heavy atom. The molecule has 1 aliphatic carbocycles. The first-order valence-corrected chi connectivity index (χ1v) is 5.64. The van der Waals surface area contributed by atoms with Crippen molar-refractivity contribution in [2.75, 3.05) is 19.6 Å². The zero-order chi connectivity index (χ0) is 9.68. The largest absolute Gasteiger partial charge is 0.330 e. The third-order valence-electron chi connectivity index (χ3n) is 3.05. The summed E-state index contributed by atoms with van der Waals surface area (Å²) in [6.45, 7) is 7.77. The van der Waals surface area contributed by atoms with Crippen LogP contribution in [0.1, 0.15) is 33.1 Å². The van der Waals surface area contributed by atoms with E-state index in [1.807, 2.05) is 0 Å². The second-order valence-electron chi connectivity index (χ2n) is 4.66. The van der Waals surface area contributed by atoms with Crippen LogP contribution in [0.5, 0.6) is 0 Å². The summed E-state index contributed by atoms with van der Waals surface area (Å²) >= 11 is 0. The summed E-state index contributed by atoms with van der Waals surface area (Å²) in [6.07, 6.45) is 4.06. The van der Waals surface area contributed by atoms with E-state index in [0.717, 1.165) is 37.3 Å². The average Bonchev–Trinajstić information content (AvgIpc) is 2.86. The predicted octanol–water partition coefficient (Wildman–Crippen LogP) is 1.61. The first-order valence-electron chi connectivity index (χ1n) is 5.64. The molecule has 0 amide bonds. The van der Waals surface area contributed by atoms with E-state index in [0.29, 0.717) is 0 Å². The van der Waals surface area contributed by atoms with Gasteiger partial charge in [0.05, 0.1) is 0 Å². The Balaban J connectivity index is 1.92. The Morgan fingerprint density at radius 2 is 2.00 bits per heavy atom. The van der Waals surface area contributed by atoms with E-state index >= 15 is 0 Å². The molecule has 3 N–H and O–H groups in total. The van der Waals surface area contributed by atoms with Gasteiger partial charge in [0.25, 0.3) is 0 Å². The van der Waals surface area contributed by atoms with E-state index in [1.165, 1.54) is 19.4 Å². The van der Waals surface area contributed by atoms with Crippen molar-refractivity contribution < 1.29 is 0 Å². The molecule has 13 heavy (non-hydrogen) atoms. The predicted molar refractivity (Wildman–Crippen MR) is 57.6 cm³/mol. The molecule has 2 heteroatoms. The summed E-state index contributed by atoms with van der Waals surface area (Å²) in [7, 11) is 0. The number of nitrogens with one attached hydrogen (secondary N) is 1. The molecule has 0 heterocycles. The van der Waals surface area contributed by atoms with E-state index in [4.69, 9.17) is 5.73 Å². The fourth-order valence-corrected chi connectivity index (χ4v) is 1.78. The van der Waals surface area contributed by atoms with Gasteiger partial charge in [-0.15, -0.1) is 0 Å². The Labute approximate surface area is 82.3 Å². The number of hydrogen-bond donors (Lipinski definition) is 2. The van der Waals surface area contributed by atoms with Crippen LogP contribution in [-0.2, 0) is 0 Å². The highest BCUT2D eigenvalue weighted by Crippen LogP contribution is 2.35. The molecular weight excluding hydrogens is 160 g/mol. The fourth-order valence-electron chi connectivity index (χ4n) is 1.78. The molecule has 1 rings (SSSR count). The van der Waals surface area contributed by atoms with Gasteiger partial charge in [-0.3, -0.25) is 0 Å². The normalized spacial score (nSPS) is 21.5. The zero-order valence-electron chi connectivity index (χ0n) is 9.05. The van der Waals surface area contributed by atoms with Crippen LogP contribution in [0.15, 0.2) is 0 Å². The van der Waals surface area contributed by atoms with Gasteiger partial charge < -0.3 is 11.1 Å². The van der Waals surface area contributed by atoms with Gasteiger partial charge in [-0.05, 0) is 56.7 Å². The van der Waals surface area contributed by atoms with Gasteiger partial charge in [0, 0.05) is 0 Å². The maximum absolute atomic E-state index is 5.49. The summed E-state index contributed by atoms with van der Waals surface area (Å²) < 4.78 is 0. The van der Waals surface area contributed by atoms with Crippen LogP contribution < -0.4 is 11.1 Å². The van der Waals surface area contributed by atoms with Crippen LogP contribution in [0.3, 0.4) is 0 Å². The standard InChI is InChI=1S/C11H24N2/c1-9(5-6-12)7-13-8-10(2)11-3-4-11/h9-11,13H,3-8,12H2,1-2H3. The lowest BCUT2D eigenvalue weighted by Gasteiger charge is -2.14. The van der Waals surface area contributed by atoms with E-state index in [9.17, 15) is 0 Å². The molecule has 1 aliphatic rings. The minimum Gasteiger partial charge on any atom is -0.330 e.